The fraction of sp³-hybridized carbons (Fsp3) is 0.294. The standard InChI is InChI=1S/C17H20ClN/c1-11-7-14(9-15(18)8-11)17(19)10-16-12(2)5-4-6-13(16)3/h4-9,17H,10,19H2,1-3H3. The Morgan fingerprint density at radius 3 is 2.26 bits per heavy atom. The molecule has 2 aromatic rings. The molecule has 100 valence electrons. The lowest BCUT2D eigenvalue weighted by atomic mass is 9.93. The number of hydrogen-bond donors (Lipinski definition) is 1. The number of hydrogen-bond acceptors (Lipinski definition) is 1. The van der Waals surface area contributed by atoms with E-state index in [2.05, 4.69) is 38.1 Å². The van der Waals surface area contributed by atoms with Gasteiger partial charge in [-0.15, -0.1) is 0 Å². The van der Waals surface area contributed by atoms with Crippen molar-refractivity contribution < 1.29 is 0 Å². The molecule has 2 N–H and O–H groups in total. The molecule has 0 amide bonds. The van der Waals surface area contributed by atoms with Crippen LogP contribution in [0.2, 0.25) is 5.02 Å². The van der Waals surface area contributed by atoms with Crippen LogP contribution in [0.4, 0.5) is 0 Å². The molecular formula is C17H20ClN. The van der Waals surface area contributed by atoms with Gasteiger partial charge in [0.2, 0.25) is 0 Å². The molecule has 1 unspecified atom stereocenters. The maximum absolute atomic E-state index is 6.34. The van der Waals surface area contributed by atoms with E-state index in [-0.39, 0.29) is 6.04 Å². The van der Waals surface area contributed by atoms with Crippen molar-refractivity contribution >= 4 is 11.6 Å². The molecule has 0 aromatic heterocycles. The third-order valence-electron chi connectivity index (χ3n) is 3.56. The SMILES string of the molecule is Cc1cc(Cl)cc(C(N)Cc2c(C)cccc2C)c1. The predicted molar refractivity (Wildman–Crippen MR) is 82.7 cm³/mol. The van der Waals surface area contributed by atoms with Gasteiger partial charge in [-0.05, 0) is 67.1 Å². The summed E-state index contributed by atoms with van der Waals surface area (Å²) in [6, 6.07) is 12.4. The summed E-state index contributed by atoms with van der Waals surface area (Å²) in [6.07, 6.45) is 0.846. The molecule has 0 bridgehead atoms. The van der Waals surface area contributed by atoms with Crippen LogP contribution in [0.5, 0.6) is 0 Å². The second kappa shape index (κ2) is 5.77. The quantitative estimate of drug-likeness (QED) is 0.875. The molecule has 0 aliphatic heterocycles. The van der Waals surface area contributed by atoms with E-state index in [0.717, 1.165) is 22.6 Å². The minimum Gasteiger partial charge on any atom is -0.324 e. The Kier molecular flexibility index (Phi) is 4.28. The summed E-state index contributed by atoms with van der Waals surface area (Å²) < 4.78 is 0. The summed E-state index contributed by atoms with van der Waals surface area (Å²) in [7, 11) is 0. The highest BCUT2D eigenvalue weighted by Gasteiger charge is 2.11. The van der Waals surface area contributed by atoms with Crippen LogP contribution in [0.3, 0.4) is 0 Å². The summed E-state index contributed by atoms with van der Waals surface area (Å²) in [5, 5.41) is 0.756. The van der Waals surface area contributed by atoms with Crippen molar-refractivity contribution in [2.45, 2.75) is 33.2 Å². The lowest BCUT2D eigenvalue weighted by molar-refractivity contribution is 0.715. The van der Waals surface area contributed by atoms with Gasteiger partial charge in [0.05, 0.1) is 0 Å². The topological polar surface area (TPSA) is 26.0 Å². The van der Waals surface area contributed by atoms with Gasteiger partial charge < -0.3 is 5.73 Å². The van der Waals surface area contributed by atoms with Crippen LogP contribution < -0.4 is 5.73 Å². The van der Waals surface area contributed by atoms with Crippen LogP contribution in [-0.2, 0) is 6.42 Å². The average Bonchev–Trinajstić information content (AvgIpc) is 2.32. The lowest BCUT2D eigenvalue weighted by Crippen LogP contribution is -2.15. The highest BCUT2D eigenvalue weighted by molar-refractivity contribution is 6.30. The van der Waals surface area contributed by atoms with Gasteiger partial charge in [0, 0.05) is 11.1 Å². The molecule has 0 aliphatic carbocycles. The molecule has 2 rings (SSSR count). The van der Waals surface area contributed by atoms with E-state index < -0.39 is 0 Å². The fourth-order valence-corrected chi connectivity index (χ4v) is 2.79. The second-order valence-electron chi connectivity index (χ2n) is 5.24. The highest BCUT2D eigenvalue weighted by Crippen LogP contribution is 2.24. The van der Waals surface area contributed by atoms with E-state index in [0.29, 0.717) is 0 Å². The van der Waals surface area contributed by atoms with Gasteiger partial charge in [0.25, 0.3) is 0 Å². The third-order valence-corrected chi connectivity index (χ3v) is 3.78. The Morgan fingerprint density at radius 2 is 1.68 bits per heavy atom. The maximum atomic E-state index is 6.34. The van der Waals surface area contributed by atoms with Gasteiger partial charge in [-0.1, -0.05) is 35.9 Å². The molecule has 0 saturated heterocycles. The molecule has 0 fully saturated rings. The molecule has 0 saturated carbocycles. The second-order valence-corrected chi connectivity index (χ2v) is 5.68. The van der Waals surface area contributed by atoms with Gasteiger partial charge >= 0.3 is 0 Å². The van der Waals surface area contributed by atoms with Crippen molar-refractivity contribution in [3.05, 3.63) is 69.2 Å². The van der Waals surface area contributed by atoms with Crippen molar-refractivity contribution in [3.8, 4) is 0 Å². The van der Waals surface area contributed by atoms with Gasteiger partial charge in [-0.2, -0.15) is 0 Å². The summed E-state index contributed by atoms with van der Waals surface area (Å²) in [5.41, 5.74) is 12.5. The van der Waals surface area contributed by atoms with E-state index in [9.17, 15) is 0 Å². The van der Waals surface area contributed by atoms with Crippen molar-refractivity contribution in [2.75, 3.05) is 0 Å². The molecule has 19 heavy (non-hydrogen) atoms. The monoisotopic (exact) mass is 273 g/mol. The zero-order valence-electron chi connectivity index (χ0n) is 11.7. The van der Waals surface area contributed by atoms with Crippen LogP contribution in [0.1, 0.15) is 33.9 Å². The number of aryl methyl sites for hydroxylation is 3. The van der Waals surface area contributed by atoms with Crippen LogP contribution in [0.25, 0.3) is 0 Å². The molecule has 0 radical (unpaired) electrons. The van der Waals surface area contributed by atoms with Gasteiger partial charge in [0.1, 0.15) is 0 Å². The van der Waals surface area contributed by atoms with Crippen molar-refractivity contribution in [1.82, 2.24) is 0 Å². The van der Waals surface area contributed by atoms with Crippen LogP contribution >= 0.6 is 11.6 Å². The number of benzene rings is 2. The van der Waals surface area contributed by atoms with Crippen LogP contribution in [0.15, 0.2) is 36.4 Å². The minimum absolute atomic E-state index is 0.0165. The molecule has 0 aliphatic rings. The molecule has 2 heteroatoms. The van der Waals surface area contributed by atoms with Crippen LogP contribution in [0, 0.1) is 20.8 Å². The molecule has 1 atom stereocenters. The van der Waals surface area contributed by atoms with E-state index in [1.165, 1.54) is 16.7 Å². The van der Waals surface area contributed by atoms with Crippen molar-refractivity contribution in [3.63, 3.8) is 0 Å². The first-order chi connectivity index (χ1) is 8.97. The van der Waals surface area contributed by atoms with Gasteiger partial charge in [0.15, 0.2) is 0 Å². The number of halogens is 1. The van der Waals surface area contributed by atoms with Gasteiger partial charge in [-0.3, -0.25) is 0 Å². The molecular weight excluding hydrogens is 254 g/mol. The first kappa shape index (κ1) is 14.1. The lowest BCUT2D eigenvalue weighted by Gasteiger charge is -2.17. The summed E-state index contributed by atoms with van der Waals surface area (Å²) in [5.74, 6) is 0. The zero-order valence-corrected chi connectivity index (χ0v) is 12.5. The zero-order chi connectivity index (χ0) is 14.0. The predicted octanol–water partition coefficient (Wildman–Crippen LogP) is 4.51. The summed E-state index contributed by atoms with van der Waals surface area (Å²) >= 11 is 6.10. The Labute approximate surface area is 120 Å². The highest BCUT2D eigenvalue weighted by atomic mass is 35.5. The minimum atomic E-state index is -0.0165. The average molecular weight is 274 g/mol. The number of nitrogens with two attached hydrogens (primary N) is 1. The van der Waals surface area contributed by atoms with E-state index in [4.69, 9.17) is 17.3 Å². The third kappa shape index (κ3) is 3.37. The Hall–Kier alpha value is -1.31. The van der Waals surface area contributed by atoms with Crippen molar-refractivity contribution in [2.24, 2.45) is 5.73 Å². The molecule has 0 spiro atoms. The normalized spacial score (nSPS) is 12.5. The van der Waals surface area contributed by atoms with Gasteiger partial charge in [-0.25, -0.2) is 0 Å². The van der Waals surface area contributed by atoms with E-state index in [1.54, 1.807) is 0 Å². The fourth-order valence-electron chi connectivity index (χ4n) is 2.49. The Morgan fingerprint density at radius 1 is 1.05 bits per heavy atom. The first-order valence-electron chi connectivity index (χ1n) is 6.55. The molecule has 2 aromatic carbocycles. The Bertz CT molecular complexity index is 549. The van der Waals surface area contributed by atoms with Crippen molar-refractivity contribution in [1.29, 1.82) is 0 Å². The van der Waals surface area contributed by atoms with E-state index in [1.807, 2.05) is 19.1 Å². The maximum Gasteiger partial charge on any atom is 0.0411 e. The molecule has 1 nitrogen and oxygen atoms in total. The number of rotatable bonds is 3. The first-order valence-corrected chi connectivity index (χ1v) is 6.93. The smallest absolute Gasteiger partial charge is 0.0411 e. The van der Waals surface area contributed by atoms with Crippen LogP contribution in [-0.4, -0.2) is 0 Å². The van der Waals surface area contributed by atoms with E-state index >= 15 is 0 Å². The Balaban J connectivity index is 2.28. The largest absolute Gasteiger partial charge is 0.324 e. The summed E-state index contributed by atoms with van der Waals surface area (Å²) in [6.45, 7) is 6.32. The summed E-state index contributed by atoms with van der Waals surface area (Å²) in [4.78, 5) is 0. The molecule has 0 heterocycles.